The molecule has 0 unspecified atom stereocenters. The number of ether oxygens (including phenoxy) is 2. The second-order valence-electron chi connectivity index (χ2n) is 7.08. The minimum Gasteiger partial charge on any atom is -0.378 e. The van der Waals surface area contributed by atoms with E-state index in [1.807, 2.05) is 13.8 Å². The summed E-state index contributed by atoms with van der Waals surface area (Å²) in [5.74, 6) is 0.732. The van der Waals surface area contributed by atoms with Crippen molar-refractivity contribution in [2.75, 3.05) is 39.8 Å². The summed E-state index contributed by atoms with van der Waals surface area (Å²) < 4.78 is 14.4. The Morgan fingerprint density at radius 2 is 1.43 bits per heavy atom. The van der Waals surface area contributed by atoms with Crippen LogP contribution in [-0.4, -0.2) is 67.4 Å². The molecule has 1 aliphatic carbocycles. The molecular weight excluding hydrogens is 308 g/mol. The number of nitrogens with zero attached hydrogens (tertiary/aromatic N) is 2. The number of likely N-dealkylation sites (tertiary alicyclic amines) is 1. The van der Waals surface area contributed by atoms with E-state index in [4.69, 9.17) is 9.47 Å². The van der Waals surface area contributed by atoms with Crippen LogP contribution in [0.4, 0.5) is 0 Å². The van der Waals surface area contributed by atoms with Crippen molar-refractivity contribution in [2.45, 2.75) is 70.7 Å². The van der Waals surface area contributed by atoms with Crippen molar-refractivity contribution >= 4 is 12.8 Å². The second-order valence-corrected chi connectivity index (χ2v) is 7.65. The lowest BCUT2D eigenvalue weighted by molar-refractivity contribution is -0.113. The van der Waals surface area contributed by atoms with Crippen molar-refractivity contribution in [3.8, 4) is 0 Å². The molecule has 0 atom stereocenters. The van der Waals surface area contributed by atoms with Crippen LogP contribution in [0, 0.1) is 5.92 Å². The first-order chi connectivity index (χ1) is 11.2. The molecule has 2 aliphatic heterocycles. The lowest BCUT2D eigenvalue weighted by Gasteiger charge is -2.40. The standard InChI is InChI=1S/C16H30N2O2S.C2H6/c1-17-6-2-15(3-7-17)20-16-10-13(11-16)12-19-14-4-8-18(21)9-5-14;1-2/h13-16,21H,2-12H2,1H3;1-2H3. The molecule has 1 saturated carbocycles. The summed E-state index contributed by atoms with van der Waals surface area (Å²) in [6, 6.07) is 0. The van der Waals surface area contributed by atoms with Crippen LogP contribution in [0.15, 0.2) is 0 Å². The third kappa shape index (κ3) is 6.54. The van der Waals surface area contributed by atoms with E-state index < -0.39 is 0 Å². The monoisotopic (exact) mass is 344 g/mol. The molecule has 3 aliphatic rings. The van der Waals surface area contributed by atoms with Crippen LogP contribution in [0.3, 0.4) is 0 Å². The van der Waals surface area contributed by atoms with Crippen molar-refractivity contribution in [3.63, 3.8) is 0 Å². The molecule has 23 heavy (non-hydrogen) atoms. The van der Waals surface area contributed by atoms with Crippen LogP contribution in [0.1, 0.15) is 52.4 Å². The summed E-state index contributed by atoms with van der Waals surface area (Å²) in [5, 5.41) is 0. The lowest BCUT2D eigenvalue weighted by atomic mass is 9.82. The van der Waals surface area contributed by atoms with Gasteiger partial charge < -0.3 is 14.4 Å². The molecule has 0 N–H and O–H groups in total. The van der Waals surface area contributed by atoms with Gasteiger partial charge in [-0.15, -0.1) is 0 Å². The third-order valence-corrected chi connectivity index (χ3v) is 5.63. The summed E-state index contributed by atoms with van der Waals surface area (Å²) >= 11 is 4.38. The predicted molar refractivity (Wildman–Crippen MR) is 99.0 cm³/mol. The Bertz CT molecular complexity index is 310. The number of thiol groups is 1. The maximum atomic E-state index is 6.21. The van der Waals surface area contributed by atoms with Crippen molar-refractivity contribution in [1.29, 1.82) is 0 Å². The fourth-order valence-corrected chi connectivity index (χ4v) is 3.83. The van der Waals surface area contributed by atoms with Crippen LogP contribution >= 0.6 is 12.8 Å². The average Bonchev–Trinajstić information content (AvgIpc) is 2.55. The summed E-state index contributed by atoms with van der Waals surface area (Å²) in [6.45, 7) is 9.42. The third-order valence-electron chi connectivity index (χ3n) is 5.23. The van der Waals surface area contributed by atoms with Gasteiger partial charge in [0.2, 0.25) is 0 Å². The molecule has 2 heterocycles. The van der Waals surface area contributed by atoms with Gasteiger partial charge in [0, 0.05) is 32.8 Å². The molecule has 0 aromatic rings. The molecular formula is C18H36N2O2S. The summed E-state index contributed by atoms with van der Waals surface area (Å²) in [7, 11) is 2.20. The number of piperidine rings is 2. The van der Waals surface area contributed by atoms with Crippen LogP contribution in [0.25, 0.3) is 0 Å². The van der Waals surface area contributed by atoms with E-state index in [2.05, 4.69) is 29.1 Å². The molecule has 0 amide bonds. The van der Waals surface area contributed by atoms with Gasteiger partial charge >= 0.3 is 0 Å². The highest BCUT2D eigenvalue weighted by Gasteiger charge is 2.33. The zero-order valence-electron chi connectivity index (χ0n) is 15.2. The van der Waals surface area contributed by atoms with Crippen molar-refractivity contribution < 1.29 is 9.47 Å². The van der Waals surface area contributed by atoms with Crippen molar-refractivity contribution in [3.05, 3.63) is 0 Å². The summed E-state index contributed by atoms with van der Waals surface area (Å²) in [4.78, 5) is 2.40. The maximum absolute atomic E-state index is 6.21. The molecule has 0 radical (unpaired) electrons. The SMILES string of the molecule is CC.CN1CCC(OC2CC(COC3CCN(S)CC3)C2)CC1. The van der Waals surface area contributed by atoms with E-state index in [0.29, 0.717) is 18.3 Å². The molecule has 0 bridgehead atoms. The van der Waals surface area contributed by atoms with E-state index in [1.54, 1.807) is 0 Å². The van der Waals surface area contributed by atoms with Gasteiger partial charge in [0.25, 0.3) is 0 Å². The fraction of sp³-hybridized carbons (Fsp3) is 1.00. The minimum atomic E-state index is 0.460. The normalized spacial score (nSPS) is 31.3. The van der Waals surface area contributed by atoms with Crippen LogP contribution < -0.4 is 0 Å². The Morgan fingerprint density at radius 3 is 2.04 bits per heavy atom. The number of hydrogen-bond acceptors (Lipinski definition) is 5. The lowest BCUT2D eigenvalue weighted by Crippen LogP contribution is -2.41. The molecule has 136 valence electrons. The maximum Gasteiger partial charge on any atom is 0.0603 e. The molecule has 3 fully saturated rings. The fourth-order valence-electron chi connectivity index (χ4n) is 3.60. The molecule has 3 rings (SSSR count). The van der Waals surface area contributed by atoms with Crippen LogP contribution in [0.5, 0.6) is 0 Å². The van der Waals surface area contributed by atoms with Gasteiger partial charge in [-0.3, -0.25) is 4.31 Å². The Labute approximate surface area is 148 Å². The predicted octanol–water partition coefficient (Wildman–Crippen LogP) is 3.23. The Kier molecular flexibility index (Phi) is 8.69. The van der Waals surface area contributed by atoms with Gasteiger partial charge in [0.15, 0.2) is 0 Å². The first-order valence-corrected chi connectivity index (χ1v) is 9.98. The average molecular weight is 345 g/mol. The van der Waals surface area contributed by atoms with Gasteiger partial charge in [0.05, 0.1) is 18.3 Å². The van der Waals surface area contributed by atoms with Gasteiger partial charge in [-0.2, -0.15) is 0 Å². The van der Waals surface area contributed by atoms with Crippen LogP contribution in [0.2, 0.25) is 0 Å². The highest BCUT2D eigenvalue weighted by molar-refractivity contribution is 7.77. The second kappa shape index (κ2) is 10.2. The molecule has 0 spiro atoms. The highest BCUT2D eigenvalue weighted by atomic mass is 32.1. The first kappa shape index (κ1) is 19.5. The number of rotatable bonds is 5. The number of hydrogen-bond donors (Lipinski definition) is 1. The molecule has 5 heteroatoms. The summed E-state index contributed by atoms with van der Waals surface area (Å²) in [6.07, 6.45) is 8.56. The quantitative estimate of drug-likeness (QED) is 0.774. The molecule has 2 saturated heterocycles. The minimum absolute atomic E-state index is 0.460. The van der Waals surface area contributed by atoms with E-state index in [-0.39, 0.29) is 0 Å². The van der Waals surface area contributed by atoms with Crippen LogP contribution in [-0.2, 0) is 9.47 Å². The van der Waals surface area contributed by atoms with Gasteiger partial charge in [0.1, 0.15) is 0 Å². The Balaban J connectivity index is 0.000000924. The molecule has 0 aromatic heterocycles. The van der Waals surface area contributed by atoms with Crippen molar-refractivity contribution in [2.24, 2.45) is 5.92 Å². The van der Waals surface area contributed by atoms with E-state index in [0.717, 1.165) is 38.5 Å². The zero-order valence-corrected chi connectivity index (χ0v) is 16.1. The van der Waals surface area contributed by atoms with E-state index in [1.165, 1.54) is 38.8 Å². The highest BCUT2D eigenvalue weighted by Crippen LogP contribution is 2.33. The van der Waals surface area contributed by atoms with Gasteiger partial charge in [-0.1, -0.05) is 26.7 Å². The van der Waals surface area contributed by atoms with Gasteiger partial charge in [-0.05, 0) is 51.5 Å². The Morgan fingerprint density at radius 1 is 0.870 bits per heavy atom. The topological polar surface area (TPSA) is 24.9 Å². The Hall–Kier alpha value is 0.190. The van der Waals surface area contributed by atoms with E-state index in [9.17, 15) is 0 Å². The largest absolute Gasteiger partial charge is 0.378 e. The smallest absolute Gasteiger partial charge is 0.0603 e. The molecule has 0 aromatic carbocycles. The van der Waals surface area contributed by atoms with Gasteiger partial charge in [-0.25, -0.2) is 0 Å². The van der Waals surface area contributed by atoms with Crippen molar-refractivity contribution in [1.82, 2.24) is 9.21 Å². The van der Waals surface area contributed by atoms with E-state index >= 15 is 0 Å². The zero-order chi connectivity index (χ0) is 16.7. The summed E-state index contributed by atoms with van der Waals surface area (Å²) in [5.41, 5.74) is 0. The first-order valence-electron chi connectivity index (χ1n) is 9.58. The molecule has 4 nitrogen and oxygen atoms in total.